The average molecular weight is 571 g/mol. The Balaban J connectivity index is 1.44. The van der Waals surface area contributed by atoms with Gasteiger partial charge in [0.15, 0.2) is 5.82 Å². The number of hydrogen-bond acceptors (Lipinski definition) is 8. The van der Waals surface area contributed by atoms with E-state index in [1.165, 1.54) is 32.2 Å². The molecule has 2 aromatic carbocycles. The van der Waals surface area contributed by atoms with Crippen molar-refractivity contribution in [3.8, 4) is 5.75 Å². The van der Waals surface area contributed by atoms with Crippen molar-refractivity contribution in [2.45, 2.75) is 32.6 Å². The second kappa shape index (κ2) is 13.5. The van der Waals surface area contributed by atoms with E-state index in [0.717, 1.165) is 42.9 Å². The number of halogens is 1. The highest BCUT2D eigenvalue weighted by Gasteiger charge is 2.19. The molecule has 0 saturated carbocycles. The van der Waals surface area contributed by atoms with Crippen molar-refractivity contribution in [2.24, 2.45) is 0 Å². The minimum absolute atomic E-state index is 0.365. The van der Waals surface area contributed by atoms with Gasteiger partial charge in [0.25, 0.3) is 0 Å². The number of nitrogens with zero attached hydrogens (tertiary/aromatic N) is 4. The standard InChI is InChI=1S/C29H40ClN6O2P/c1-5-6-7-10-15-35-16-18-36(19-17-35)22-13-14-24(26(20-22)38-2)33-29-31-21-23(30)28(34-29)32-25-11-8-9-12-27(25)39(3,4)37/h8-9,11-14,20-21H,5-7,10,15-19H2,1-4H3,(H2,31,32,33,34). The summed E-state index contributed by atoms with van der Waals surface area (Å²) in [6, 6.07) is 13.6. The molecule has 10 heteroatoms. The van der Waals surface area contributed by atoms with Crippen LogP contribution < -0.4 is 25.6 Å². The summed E-state index contributed by atoms with van der Waals surface area (Å²) in [5.41, 5.74) is 2.61. The summed E-state index contributed by atoms with van der Waals surface area (Å²) in [7, 11) is -0.836. The number of hydrogen-bond donors (Lipinski definition) is 2. The van der Waals surface area contributed by atoms with Crippen molar-refractivity contribution < 1.29 is 9.30 Å². The Kier molecular flexibility index (Phi) is 10.1. The van der Waals surface area contributed by atoms with Crippen molar-refractivity contribution in [3.05, 3.63) is 53.7 Å². The minimum Gasteiger partial charge on any atom is -0.494 e. The molecule has 0 radical (unpaired) electrons. The van der Waals surface area contributed by atoms with Gasteiger partial charge in [0, 0.05) is 43.2 Å². The van der Waals surface area contributed by atoms with Gasteiger partial charge in [0.2, 0.25) is 5.95 Å². The number of nitrogens with one attached hydrogen (secondary N) is 2. The number of aromatic nitrogens is 2. The van der Waals surface area contributed by atoms with Crippen molar-refractivity contribution in [2.75, 3.05) is 68.7 Å². The van der Waals surface area contributed by atoms with E-state index >= 15 is 0 Å². The Bertz CT molecular complexity index is 1290. The topological polar surface area (TPSA) is 82.6 Å². The van der Waals surface area contributed by atoms with Crippen molar-refractivity contribution in [3.63, 3.8) is 0 Å². The van der Waals surface area contributed by atoms with Crippen LogP contribution in [0.25, 0.3) is 0 Å². The average Bonchev–Trinajstić information content (AvgIpc) is 2.93. The molecule has 0 amide bonds. The normalized spacial score (nSPS) is 14.3. The second-order valence-electron chi connectivity index (χ2n) is 10.3. The highest BCUT2D eigenvalue weighted by Crippen LogP contribution is 2.39. The van der Waals surface area contributed by atoms with Gasteiger partial charge in [0.05, 0.1) is 24.7 Å². The van der Waals surface area contributed by atoms with Crippen LogP contribution in [0.1, 0.15) is 32.6 Å². The second-order valence-corrected chi connectivity index (χ2v) is 13.9. The molecule has 0 aliphatic carbocycles. The fourth-order valence-electron chi connectivity index (χ4n) is 4.78. The van der Waals surface area contributed by atoms with E-state index in [1.807, 2.05) is 30.3 Å². The molecular weight excluding hydrogens is 531 g/mol. The van der Waals surface area contributed by atoms with Gasteiger partial charge in [-0.05, 0) is 50.6 Å². The summed E-state index contributed by atoms with van der Waals surface area (Å²) in [5, 5.41) is 7.61. The summed E-state index contributed by atoms with van der Waals surface area (Å²) < 4.78 is 18.5. The molecule has 1 fully saturated rings. The Hall–Kier alpha value is -2.80. The van der Waals surface area contributed by atoms with Gasteiger partial charge in [-0.15, -0.1) is 0 Å². The number of rotatable bonds is 12. The Morgan fingerprint density at radius 1 is 1.00 bits per heavy atom. The zero-order chi connectivity index (χ0) is 27.8. The fraction of sp³-hybridized carbons (Fsp3) is 0.448. The molecule has 1 aromatic heterocycles. The number of methoxy groups -OCH3 is 1. The number of anilines is 5. The third kappa shape index (κ3) is 7.87. The van der Waals surface area contributed by atoms with Crippen molar-refractivity contribution in [1.82, 2.24) is 14.9 Å². The molecule has 0 spiro atoms. The zero-order valence-electron chi connectivity index (χ0n) is 23.4. The van der Waals surface area contributed by atoms with E-state index in [9.17, 15) is 4.57 Å². The van der Waals surface area contributed by atoms with Gasteiger partial charge >= 0.3 is 0 Å². The molecule has 0 unspecified atom stereocenters. The predicted molar refractivity (Wildman–Crippen MR) is 165 cm³/mol. The lowest BCUT2D eigenvalue weighted by Gasteiger charge is -2.36. The molecule has 2 N–H and O–H groups in total. The van der Waals surface area contributed by atoms with Crippen LogP contribution in [0, 0.1) is 0 Å². The third-order valence-corrected chi connectivity index (χ3v) is 8.81. The van der Waals surface area contributed by atoms with Gasteiger partial charge in [-0.25, -0.2) is 4.98 Å². The van der Waals surface area contributed by atoms with Crippen LogP contribution >= 0.6 is 18.7 Å². The molecule has 39 heavy (non-hydrogen) atoms. The monoisotopic (exact) mass is 570 g/mol. The van der Waals surface area contributed by atoms with E-state index < -0.39 is 7.14 Å². The first-order valence-corrected chi connectivity index (χ1v) is 16.6. The van der Waals surface area contributed by atoms with Crippen LogP contribution in [-0.4, -0.2) is 68.0 Å². The van der Waals surface area contributed by atoms with Gasteiger partial charge in [-0.3, -0.25) is 4.90 Å². The number of ether oxygens (including phenoxy) is 1. The van der Waals surface area contributed by atoms with Crippen LogP contribution in [0.5, 0.6) is 5.75 Å². The van der Waals surface area contributed by atoms with Gasteiger partial charge in [-0.1, -0.05) is 49.9 Å². The molecule has 1 aliphatic rings. The summed E-state index contributed by atoms with van der Waals surface area (Å²) in [6.45, 7) is 11.1. The minimum atomic E-state index is -2.50. The van der Waals surface area contributed by atoms with Crippen LogP contribution in [0.4, 0.5) is 28.8 Å². The Labute approximate surface area is 237 Å². The molecule has 0 bridgehead atoms. The van der Waals surface area contributed by atoms with Crippen molar-refractivity contribution >= 4 is 52.9 Å². The first-order chi connectivity index (χ1) is 18.8. The summed E-state index contributed by atoms with van der Waals surface area (Å²) in [4.78, 5) is 13.9. The lowest BCUT2D eigenvalue weighted by molar-refractivity contribution is 0.252. The Morgan fingerprint density at radius 3 is 2.49 bits per heavy atom. The maximum absolute atomic E-state index is 12.8. The number of para-hydroxylation sites is 1. The first-order valence-electron chi connectivity index (χ1n) is 13.6. The number of piperazine rings is 1. The molecule has 4 rings (SSSR count). The summed E-state index contributed by atoms with van der Waals surface area (Å²) >= 11 is 6.42. The maximum atomic E-state index is 12.8. The number of unbranched alkanes of at least 4 members (excludes halogenated alkanes) is 3. The molecule has 8 nitrogen and oxygen atoms in total. The highest BCUT2D eigenvalue weighted by molar-refractivity contribution is 7.70. The molecule has 1 saturated heterocycles. The Morgan fingerprint density at radius 2 is 1.77 bits per heavy atom. The van der Waals surface area contributed by atoms with Crippen molar-refractivity contribution in [1.29, 1.82) is 0 Å². The van der Waals surface area contributed by atoms with E-state index in [0.29, 0.717) is 28.2 Å². The number of benzene rings is 2. The summed E-state index contributed by atoms with van der Waals surface area (Å²) in [5.74, 6) is 1.52. The first kappa shape index (κ1) is 29.2. The lowest BCUT2D eigenvalue weighted by atomic mass is 10.2. The largest absolute Gasteiger partial charge is 0.494 e. The van der Waals surface area contributed by atoms with Crippen LogP contribution in [0.3, 0.4) is 0 Å². The SMILES string of the molecule is CCCCCCN1CCN(c2ccc(Nc3ncc(Cl)c(Nc4ccccc4P(C)(C)=O)n3)c(OC)c2)CC1. The molecule has 0 atom stereocenters. The molecular formula is C29H40ClN6O2P. The maximum Gasteiger partial charge on any atom is 0.229 e. The van der Waals surface area contributed by atoms with Crippen LogP contribution in [-0.2, 0) is 4.57 Å². The molecule has 210 valence electrons. The van der Waals surface area contributed by atoms with Crippen LogP contribution in [0.2, 0.25) is 5.02 Å². The predicted octanol–water partition coefficient (Wildman–Crippen LogP) is 6.58. The zero-order valence-corrected chi connectivity index (χ0v) is 25.1. The third-order valence-electron chi connectivity index (χ3n) is 6.98. The van der Waals surface area contributed by atoms with Gasteiger partial charge in [-0.2, -0.15) is 4.98 Å². The highest BCUT2D eigenvalue weighted by atomic mass is 35.5. The van der Waals surface area contributed by atoms with E-state index in [-0.39, 0.29) is 0 Å². The van der Waals surface area contributed by atoms with E-state index in [1.54, 1.807) is 26.6 Å². The molecule has 1 aliphatic heterocycles. The smallest absolute Gasteiger partial charge is 0.229 e. The lowest BCUT2D eigenvalue weighted by Crippen LogP contribution is -2.46. The fourth-order valence-corrected chi connectivity index (χ4v) is 6.08. The summed E-state index contributed by atoms with van der Waals surface area (Å²) in [6.07, 6.45) is 6.76. The quantitative estimate of drug-likeness (QED) is 0.187. The van der Waals surface area contributed by atoms with E-state index in [2.05, 4.69) is 49.5 Å². The van der Waals surface area contributed by atoms with Gasteiger partial charge < -0.3 is 24.8 Å². The molecule has 2 heterocycles. The van der Waals surface area contributed by atoms with Crippen LogP contribution in [0.15, 0.2) is 48.7 Å². The molecule has 3 aromatic rings. The van der Waals surface area contributed by atoms with E-state index in [4.69, 9.17) is 16.3 Å². The van der Waals surface area contributed by atoms with Gasteiger partial charge in [0.1, 0.15) is 17.9 Å².